The largest absolute Gasteiger partial charge is 0.389 e. The maximum atomic E-state index is 13.0. The van der Waals surface area contributed by atoms with Gasteiger partial charge in [-0.1, -0.05) is 33.6 Å². The number of rotatable bonds is 1. The Labute approximate surface area is 148 Å². The first-order valence-electron chi connectivity index (χ1n) is 9.25. The van der Waals surface area contributed by atoms with Crippen LogP contribution < -0.4 is 5.56 Å². The fourth-order valence-corrected chi connectivity index (χ4v) is 4.11. The van der Waals surface area contributed by atoms with Crippen molar-refractivity contribution in [1.82, 2.24) is 14.9 Å². The van der Waals surface area contributed by atoms with Gasteiger partial charge in [-0.3, -0.25) is 9.59 Å². The van der Waals surface area contributed by atoms with E-state index in [0.717, 1.165) is 25.7 Å². The highest BCUT2D eigenvalue weighted by Crippen LogP contribution is 2.40. The molecule has 1 amide bonds. The summed E-state index contributed by atoms with van der Waals surface area (Å²) in [7, 11) is 0. The number of nitrogens with one attached hydrogen (secondary N) is 1. The van der Waals surface area contributed by atoms with E-state index in [4.69, 9.17) is 0 Å². The van der Waals surface area contributed by atoms with Gasteiger partial charge in [0, 0.05) is 24.4 Å². The molecule has 2 atom stereocenters. The number of hydrogen-bond donors (Lipinski definition) is 2. The molecule has 0 radical (unpaired) electrons. The smallest absolute Gasteiger partial charge is 0.264 e. The average Bonchev–Trinajstić information content (AvgIpc) is 2.52. The van der Waals surface area contributed by atoms with Gasteiger partial charge >= 0.3 is 0 Å². The Hall–Kier alpha value is -1.69. The second-order valence-electron chi connectivity index (χ2n) is 8.67. The van der Waals surface area contributed by atoms with Gasteiger partial charge in [0.05, 0.1) is 11.3 Å². The summed E-state index contributed by atoms with van der Waals surface area (Å²) in [4.78, 5) is 34.5. The number of aromatic amines is 1. The minimum Gasteiger partial charge on any atom is -0.389 e. The van der Waals surface area contributed by atoms with Gasteiger partial charge in [-0.2, -0.15) is 0 Å². The normalized spacial score (nSPS) is 27.1. The van der Waals surface area contributed by atoms with Gasteiger partial charge in [0.15, 0.2) is 0 Å². The number of aryl methyl sites for hydroxylation is 1. The molecule has 25 heavy (non-hydrogen) atoms. The Morgan fingerprint density at radius 3 is 2.68 bits per heavy atom. The van der Waals surface area contributed by atoms with Gasteiger partial charge in [0.1, 0.15) is 11.4 Å². The molecule has 1 aliphatic heterocycles. The van der Waals surface area contributed by atoms with E-state index in [2.05, 4.69) is 9.97 Å². The predicted molar refractivity (Wildman–Crippen MR) is 95.7 cm³/mol. The number of aliphatic hydroxyl groups is 1. The molecule has 1 saturated carbocycles. The highest BCUT2D eigenvalue weighted by Gasteiger charge is 2.44. The van der Waals surface area contributed by atoms with E-state index in [1.54, 1.807) is 11.8 Å². The van der Waals surface area contributed by atoms with Crippen LogP contribution >= 0.6 is 0 Å². The summed E-state index contributed by atoms with van der Waals surface area (Å²) >= 11 is 0. The van der Waals surface area contributed by atoms with Gasteiger partial charge in [-0.25, -0.2) is 4.98 Å². The third-order valence-corrected chi connectivity index (χ3v) is 5.74. The van der Waals surface area contributed by atoms with Crippen LogP contribution in [0.15, 0.2) is 4.79 Å². The first-order chi connectivity index (χ1) is 11.6. The summed E-state index contributed by atoms with van der Waals surface area (Å²) in [5.74, 6) is 0.436. The molecular weight excluding hydrogens is 318 g/mol. The van der Waals surface area contributed by atoms with Gasteiger partial charge in [0.25, 0.3) is 11.5 Å². The molecule has 0 aromatic carbocycles. The van der Waals surface area contributed by atoms with Gasteiger partial charge in [0.2, 0.25) is 0 Å². The first kappa shape index (κ1) is 18.1. The lowest BCUT2D eigenvalue weighted by Crippen LogP contribution is -2.55. The highest BCUT2D eigenvalue weighted by atomic mass is 16.3. The van der Waals surface area contributed by atoms with Crippen LogP contribution in [0.3, 0.4) is 0 Å². The number of hydrogen-bond acceptors (Lipinski definition) is 4. The van der Waals surface area contributed by atoms with Crippen LogP contribution in [0.2, 0.25) is 0 Å². The molecule has 6 nitrogen and oxygen atoms in total. The predicted octanol–water partition coefficient (Wildman–Crippen LogP) is 2.14. The second kappa shape index (κ2) is 6.24. The van der Waals surface area contributed by atoms with Crippen LogP contribution in [0, 0.1) is 12.8 Å². The van der Waals surface area contributed by atoms with Gasteiger partial charge in [-0.15, -0.1) is 0 Å². The number of nitrogens with zero attached hydrogens (tertiary/aromatic N) is 2. The van der Waals surface area contributed by atoms with E-state index >= 15 is 0 Å². The average molecular weight is 347 g/mol. The van der Waals surface area contributed by atoms with Crippen molar-refractivity contribution < 1.29 is 9.90 Å². The zero-order chi connectivity index (χ0) is 18.4. The fourth-order valence-electron chi connectivity index (χ4n) is 4.11. The number of amides is 1. The Morgan fingerprint density at radius 2 is 2.04 bits per heavy atom. The summed E-state index contributed by atoms with van der Waals surface area (Å²) in [6.45, 7) is 8.65. The van der Waals surface area contributed by atoms with Crippen LogP contribution in [0.4, 0.5) is 0 Å². The lowest BCUT2D eigenvalue weighted by atomic mass is 9.71. The van der Waals surface area contributed by atoms with Crippen molar-refractivity contribution >= 4 is 5.91 Å². The molecule has 0 spiro atoms. The SMILES string of the molecule is Cc1nc(C(C)(C)C)[nH]c(=O)c1C(=O)N1CC[C@@]2(O)CCCC[C@@H]2C1. The van der Waals surface area contributed by atoms with E-state index in [1.807, 2.05) is 20.8 Å². The van der Waals surface area contributed by atoms with Crippen molar-refractivity contribution in [2.24, 2.45) is 5.92 Å². The molecule has 1 aliphatic carbocycles. The van der Waals surface area contributed by atoms with Crippen molar-refractivity contribution in [3.05, 3.63) is 27.4 Å². The minimum atomic E-state index is -0.634. The maximum absolute atomic E-state index is 13.0. The molecule has 1 aromatic heterocycles. The number of H-pyrrole nitrogens is 1. The van der Waals surface area contributed by atoms with Gasteiger partial charge in [-0.05, 0) is 26.2 Å². The van der Waals surface area contributed by atoms with Crippen LogP contribution in [0.5, 0.6) is 0 Å². The Kier molecular flexibility index (Phi) is 4.52. The van der Waals surface area contributed by atoms with Crippen LogP contribution in [-0.2, 0) is 5.41 Å². The molecule has 2 heterocycles. The lowest BCUT2D eigenvalue weighted by Gasteiger charge is -2.47. The van der Waals surface area contributed by atoms with E-state index in [9.17, 15) is 14.7 Å². The van der Waals surface area contributed by atoms with Crippen molar-refractivity contribution in [1.29, 1.82) is 0 Å². The van der Waals surface area contributed by atoms with Crippen molar-refractivity contribution in [2.45, 2.75) is 70.8 Å². The molecule has 1 aromatic rings. The summed E-state index contributed by atoms with van der Waals surface area (Å²) in [5, 5.41) is 10.8. The third kappa shape index (κ3) is 3.36. The molecule has 2 aliphatic rings. The van der Waals surface area contributed by atoms with Crippen LogP contribution in [-0.4, -0.2) is 44.6 Å². The number of carbonyl (C=O) groups excluding carboxylic acids is 1. The highest BCUT2D eigenvalue weighted by molar-refractivity contribution is 5.95. The summed E-state index contributed by atoms with van der Waals surface area (Å²) in [6, 6.07) is 0. The number of aromatic nitrogens is 2. The maximum Gasteiger partial charge on any atom is 0.264 e. The minimum absolute atomic E-state index is 0.111. The monoisotopic (exact) mass is 347 g/mol. The van der Waals surface area contributed by atoms with E-state index < -0.39 is 5.60 Å². The Morgan fingerprint density at radius 1 is 1.32 bits per heavy atom. The fraction of sp³-hybridized carbons (Fsp3) is 0.737. The third-order valence-electron chi connectivity index (χ3n) is 5.74. The van der Waals surface area contributed by atoms with Crippen LogP contribution in [0.1, 0.15) is 74.8 Å². The topological polar surface area (TPSA) is 86.3 Å². The van der Waals surface area contributed by atoms with E-state index in [0.29, 0.717) is 31.0 Å². The molecule has 2 fully saturated rings. The first-order valence-corrected chi connectivity index (χ1v) is 9.25. The molecule has 6 heteroatoms. The zero-order valence-corrected chi connectivity index (χ0v) is 15.7. The summed E-state index contributed by atoms with van der Waals surface area (Å²) in [5.41, 5.74) is -0.677. The van der Waals surface area contributed by atoms with Crippen molar-refractivity contribution in [3.63, 3.8) is 0 Å². The quantitative estimate of drug-likeness (QED) is 0.815. The molecule has 1 saturated heterocycles. The Balaban J connectivity index is 1.86. The van der Waals surface area contributed by atoms with Gasteiger partial charge < -0.3 is 15.0 Å². The van der Waals surface area contributed by atoms with Crippen LogP contribution in [0.25, 0.3) is 0 Å². The summed E-state index contributed by atoms with van der Waals surface area (Å²) < 4.78 is 0. The second-order valence-corrected chi connectivity index (χ2v) is 8.67. The summed E-state index contributed by atoms with van der Waals surface area (Å²) in [6.07, 6.45) is 4.50. The standard InChI is InChI=1S/C19H29N3O3/c1-12-14(15(23)21-17(20-12)18(2,3)4)16(24)22-10-9-19(25)8-6-5-7-13(19)11-22/h13,25H,5-11H2,1-4H3,(H,20,21,23)/t13-,19+/m1/s1. The number of piperidine rings is 1. The molecule has 138 valence electrons. The molecule has 2 N–H and O–H groups in total. The zero-order valence-electron chi connectivity index (χ0n) is 15.7. The number of carbonyl (C=O) groups is 1. The molecule has 3 rings (SSSR count). The number of fused-ring (bicyclic) bond motifs is 1. The van der Waals surface area contributed by atoms with Crippen molar-refractivity contribution in [2.75, 3.05) is 13.1 Å². The van der Waals surface area contributed by atoms with E-state index in [-0.39, 0.29) is 28.4 Å². The molecule has 0 bridgehead atoms. The number of likely N-dealkylation sites (tertiary alicyclic amines) is 1. The molecular formula is C19H29N3O3. The lowest BCUT2D eigenvalue weighted by molar-refractivity contribution is -0.0886. The molecule has 0 unspecified atom stereocenters. The van der Waals surface area contributed by atoms with E-state index in [1.165, 1.54) is 0 Å². The van der Waals surface area contributed by atoms with Crippen molar-refractivity contribution in [3.8, 4) is 0 Å². The Bertz CT molecular complexity index is 734.